The van der Waals surface area contributed by atoms with Gasteiger partial charge in [0.05, 0.1) is 13.7 Å². The zero-order chi connectivity index (χ0) is 15.5. The van der Waals surface area contributed by atoms with Crippen LogP contribution in [0.25, 0.3) is 0 Å². The summed E-state index contributed by atoms with van der Waals surface area (Å²) in [7, 11) is 1.68. The molecular weight excluding hydrogens is 276 g/mol. The molecule has 0 fully saturated rings. The largest absolute Gasteiger partial charge is 0.493 e. The number of para-hydroxylation sites is 1. The molecular formula is C18H22N2O2. The van der Waals surface area contributed by atoms with E-state index in [1.807, 2.05) is 19.1 Å². The van der Waals surface area contributed by atoms with Gasteiger partial charge in [0.25, 0.3) is 0 Å². The Morgan fingerprint density at radius 1 is 1.27 bits per heavy atom. The Balaban J connectivity index is 1.77. The van der Waals surface area contributed by atoms with Crippen LogP contribution in [0.3, 0.4) is 0 Å². The molecule has 0 spiro atoms. The molecule has 0 radical (unpaired) electrons. The van der Waals surface area contributed by atoms with Crippen molar-refractivity contribution in [2.45, 2.75) is 33.1 Å². The molecule has 1 aliphatic rings. The second kappa shape index (κ2) is 6.34. The molecule has 0 aliphatic carbocycles. The number of hydrogen-bond acceptors (Lipinski definition) is 4. The van der Waals surface area contributed by atoms with Gasteiger partial charge in [0.15, 0.2) is 11.5 Å². The normalized spacial score (nSPS) is 16.8. The first-order chi connectivity index (χ1) is 10.7. The highest BCUT2D eigenvalue weighted by molar-refractivity contribution is 5.47. The second-order valence-corrected chi connectivity index (χ2v) is 5.79. The van der Waals surface area contributed by atoms with Crippen LogP contribution in [0.2, 0.25) is 0 Å². The molecule has 0 N–H and O–H groups in total. The molecule has 3 rings (SSSR count). The van der Waals surface area contributed by atoms with Crippen molar-refractivity contribution in [3.63, 3.8) is 0 Å². The summed E-state index contributed by atoms with van der Waals surface area (Å²) in [6.07, 6.45) is 2.86. The smallest absolute Gasteiger partial charge is 0.164 e. The number of rotatable bonds is 4. The fraction of sp³-hybridized carbons (Fsp3) is 0.444. The van der Waals surface area contributed by atoms with Crippen molar-refractivity contribution in [3.05, 3.63) is 47.0 Å². The van der Waals surface area contributed by atoms with Crippen molar-refractivity contribution >= 4 is 0 Å². The van der Waals surface area contributed by atoms with Crippen LogP contribution in [0.15, 0.2) is 24.3 Å². The first kappa shape index (κ1) is 14.8. The topological polar surface area (TPSA) is 44.2 Å². The maximum Gasteiger partial charge on any atom is 0.164 e. The van der Waals surface area contributed by atoms with E-state index in [0.29, 0.717) is 12.5 Å². The van der Waals surface area contributed by atoms with E-state index in [1.54, 1.807) is 7.11 Å². The van der Waals surface area contributed by atoms with Gasteiger partial charge in [-0.3, -0.25) is 0 Å². The highest BCUT2D eigenvalue weighted by Crippen LogP contribution is 2.36. The molecule has 0 saturated heterocycles. The third-order valence-electron chi connectivity index (χ3n) is 4.06. The Kier molecular flexibility index (Phi) is 4.27. The zero-order valence-electron chi connectivity index (χ0n) is 13.4. The van der Waals surface area contributed by atoms with Crippen LogP contribution >= 0.6 is 0 Å². The molecule has 0 saturated carbocycles. The SMILES string of the molecule is CCc1cc(C[C@H]2COc3c(cccc3OC)C2)nc(C)n1. The third kappa shape index (κ3) is 3.06. The molecule has 0 bridgehead atoms. The van der Waals surface area contributed by atoms with Gasteiger partial charge in [0, 0.05) is 17.3 Å². The Morgan fingerprint density at radius 3 is 2.86 bits per heavy atom. The number of methoxy groups -OCH3 is 1. The van der Waals surface area contributed by atoms with Crippen molar-refractivity contribution < 1.29 is 9.47 Å². The van der Waals surface area contributed by atoms with Crippen LogP contribution in [0.1, 0.15) is 29.7 Å². The molecule has 116 valence electrons. The molecule has 0 unspecified atom stereocenters. The number of nitrogens with zero attached hydrogens (tertiary/aromatic N) is 2. The maximum absolute atomic E-state index is 5.95. The van der Waals surface area contributed by atoms with Crippen LogP contribution in [-0.2, 0) is 19.3 Å². The summed E-state index contributed by atoms with van der Waals surface area (Å²) in [5, 5.41) is 0. The van der Waals surface area contributed by atoms with Gasteiger partial charge < -0.3 is 9.47 Å². The Morgan fingerprint density at radius 2 is 2.09 bits per heavy atom. The summed E-state index contributed by atoms with van der Waals surface area (Å²) in [5.41, 5.74) is 3.45. The summed E-state index contributed by atoms with van der Waals surface area (Å²) in [6.45, 7) is 4.79. The van der Waals surface area contributed by atoms with Gasteiger partial charge in [-0.2, -0.15) is 0 Å². The van der Waals surface area contributed by atoms with E-state index in [0.717, 1.165) is 48.0 Å². The summed E-state index contributed by atoms with van der Waals surface area (Å²) in [5.74, 6) is 3.02. The molecule has 1 aromatic heterocycles. The predicted molar refractivity (Wildman–Crippen MR) is 85.5 cm³/mol. The number of aryl methyl sites for hydroxylation is 2. The fourth-order valence-electron chi connectivity index (χ4n) is 3.03. The molecule has 1 aliphatic heterocycles. The van der Waals surface area contributed by atoms with Crippen molar-refractivity contribution in [2.75, 3.05) is 13.7 Å². The van der Waals surface area contributed by atoms with Crippen LogP contribution in [0.4, 0.5) is 0 Å². The lowest BCUT2D eigenvalue weighted by molar-refractivity contribution is 0.210. The Hall–Kier alpha value is -2.10. The van der Waals surface area contributed by atoms with E-state index in [9.17, 15) is 0 Å². The highest BCUT2D eigenvalue weighted by atomic mass is 16.5. The van der Waals surface area contributed by atoms with Gasteiger partial charge in [0.1, 0.15) is 5.82 Å². The lowest BCUT2D eigenvalue weighted by Crippen LogP contribution is -2.23. The van der Waals surface area contributed by atoms with E-state index in [4.69, 9.17) is 9.47 Å². The molecule has 1 atom stereocenters. The van der Waals surface area contributed by atoms with E-state index in [-0.39, 0.29) is 0 Å². The Labute approximate surface area is 131 Å². The number of fused-ring (bicyclic) bond motifs is 1. The highest BCUT2D eigenvalue weighted by Gasteiger charge is 2.23. The van der Waals surface area contributed by atoms with E-state index < -0.39 is 0 Å². The van der Waals surface area contributed by atoms with Gasteiger partial charge in [-0.25, -0.2) is 9.97 Å². The number of ether oxygens (including phenoxy) is 2. The predicted octanol–water partition coefficient (Wildman–Crippen LogP) is 3.15. The molecule has 2 aromatic rings. The lowest BCUT2D eigenvalue weighted by Gasteiger charge is -2.26. The van der Waals surface area contributed by atoms with E-state index in [1.165, 1.54) is 5.56 Å². The van der Waals surface area contributed by atoms with Gasteiger partial charge in [-0.05, 0) is 43.9 Å². The minimum Gasteiger partial charge on any atom is -0.493 e. The molecule has 4 heteroatoms. The lowest BCUT2D eigenvalue weighted by atomic mass is 9.92. The van der Waals surface area contributed by atoms with Crippen molar-refractivity contribution in [2.24, 2.45) is 5.92 Å². The summed E-state index contributed by atoms with van der Waals surface area (Å²) in [4.78, 5) is 9.02. The summed E-state index contributed by atoms with van der Waals surface area (Å²) < 4.78 is 11.3. The van der Waals surface area contributed by atoms with Crippen molar-refractivity contribution in [1.82, 2.24) is 9.97 Å². The maximum atomic E-state index is 5.95. The zero-order valence-corrected chi connectivity index (χ0v) is 13.4. The number of hydrogen-bond donors (Lipinski definition) is 0. The number of benzene rings is 1. The molecule has 4 nitrogen and oxygen atoms in total. The average molecular weight is 298 g/mol. The summed E-state index contributed by atoms with van der Waals surface area (Å²) in [6, 6.07) is 8.20. The first-order valence-corrected chi connectivity index (χ1v) is 7.81. The molecule has 22 heavy (non-hydrogen) atoms. The van der Waals surface area contributed by atoms with E-state index >= 15 is 0 Å². The fourth-order valence-corrected chi connectivity index (χ4v) is 3.03. The van der Waals surface area contributed by atoms with Gasteiger partial charge in [0.2, 0.25) is 0 Å². The Bertz CT molecular complexity index is 670. The number of aromatic nitrogens is 2. The molecule has 1 aromatic carbocycles. The minimum atomic E-state index is 0.443. The van der Waals surface area contributed by atoms with Gasteiger partial charge >= 0.3 is 0 Å². The average Bonchev–Trinajstić information content (AvgIpc) is 2.53. The van der Waals surface area contributed by atoms with Crippen molar-refractivity contribution in [1.29, 1.82) is 0 Å². The third-order valence-corrected chi connectivity index (χ3v) is 4.06. The summed E-state index contributed by atoms with van der Waals surface area (Å²) >= 11 is 0. The van der Waals surface area contributed by atoms with Gasteiger partial charge in [-0.1, -0.05) is 19.1 Å². The van der Waals surface area contributed by atoms with Crippen LogP contribution in [0.5, 0.6) is 11.5 Å². The minimum absolute atomic E-state index is 0.443. The van der Waals surface area contributed by atoms with E-state index in [2.05, 4.69) is 29.0 Å². The second-order valence-electron chi connectivity index (χ2n) is 5.79. The molecule has 2 heterocycles. The van der Waals surface area contributed by atoms with Crippen LogP contribution in [-0.4, -0.2) is 23.7 Å². The molecule has 0 amide bonds. The van der Waals surface area contributed by atoms with Crippen LogP contribution < -0.4 is 9.47 Å². The van der Waals surface area contributed by atoms with Crippen LogP contribution in [0, 0.1) is 12.8 Å². The van der Waals surface area contributed by atoms with Gasteiger partial charge in [-0.15, -0.1) is 0 Å². The van der Waals surface area contributed by atoms with Crippen molar-refractivity contribution in [3.8, 4) is 11.5 Å². The quantitative estimate of drug-likeness (QED) is 0.870. The standard InChI is InChI=1S/C18H22N2O2/c1-4-15-10-16(20-12(2)19-15)9-13-8-14-6-5-7-17(21-3)18(14)22-11-13/h5-7,10,13H,4,8-9,11H2,1-3H3/t13-/m0/s1. The first-order valence-electron chi connectivity index (χ1n) is 7.81. The monoisotopic (exact) mass is 298 g/mol.